The van der Waals surface area contributed by atoms with E-state index in [4.69, 9.17) is 19.9 Å². The monoisotopic (exact) mass is 315 g/mol. The van der Waals surface area contributed by atoms with E-state index in [1.807, 2.05) is 31.2 Å². The molecule has 0 aliphatic carbocycles. The summed E-state index contributed by atoms with van der Waals surface area (Å²) in [5.41, 5.74) is 8.36. The first-order valence-electron chi connectivity index (χ1n) is 7.85. The van der Waals surface area contributed by atoms with Crippen molar-refractivity contribution in [2.45, 2.75) is 19.3 Å². The van der Waals surface area contributed by atoms with Crippen molar-refractivity contribution in [1.82, 2.24) is 0 Å². The smallest absolute Gasteiger partial charge is 0.160 e. The molecule has 0 saturated carbocycles. The maximum atomic E-state index is 6.01. The van der Waals surface area contributed by atoms with Gasteiger partial charge in [-0.3, -0.25) is 0 Å². The van der Waals surface area contributed by atoms with E-state index < -0.39 is 0 Å². The number of rotatable bonds is 8. The topological polar surface area (TPSA) is 53.7 Å². The predicted molar refractivity (Wildman–Crippen MR) is 92.7 cm³/mol. The lowest BCUT2D eigenvalue weighted by atomic mass is 9.92. The molecule has 0 aromatic heterocycles. The molecular weight excluding hydrogens is 290 g/mol. The Kier molecular flexibility index (Phi) is 6.29. The van der Waals surface area contributed by atoms with Crippen molar-refractivity contribution in [3.05, 3.63) is 53.6 Å². The van der Waals surface area contributed by atoms with Crippen LogP contribution in [0.2, 0.25) is 0 Å². The number of ether oxygens (including phenoxy) is 3. The van der Waals surface area contributed by atoms with E-state index in [0.717, 1.165) is 23.7 Å². The van der Waals surface area contributed by atoms with E-state index >= 15 is 0 Å². The summed E-state index contributed by atoms with van der Waals surface area (Å²) in [6.45, 7) is 3.22. The maximum Gasteiger partial charge on any atom is 0.160 e. The number of benzene rings is 2. The van der Waals surface area contributed by atoms with Crippen molar-refractivity contribution in [2.75, 3.05) is 27.4 Å². The number of hydrogen-bond acceptors (Lipinski definition) is 4. The van der Waals surface area contributed by atoms with E-state index in [0.29, 0.717) is 13.2 Å². The van der Waals surface area contributed by atoms with Crippen LogP contribution in [-0.4, -0.2) is 27.4 Å². The second kappa shape index (κ2) is 8.44. The summed E-state index contributed by atoms with van der Waals surface area (Å²) < 4.78 is 16.2. The fraction of sp³-hybridized carbons (Fsp3) is 0.368. The van der Waals surface area contributed by atoms with Gasteiger partial charge < -0.3 is 19.9 Å². The Morgan fingerprint density at radius 3 is 2.43 bits per heavy atom. The van der Waals surface area contributed by atoms with Crippen LogP contribution in [0.15, 0.2) is 42.5 Å². The van der Waals surface area contributed by atoms with Crippen LogP contribution in [0.4, 0.5) is 0 Å². The predicted octanol–water partition coefficient (Wildman–Crippen LogP) is 3.39. The van der Waals surface area contributed by atoms with Crippen LogP contribution >= 0.6 is 0 Å². The zero-order valence-electron chi connectivity index (χ0n) is 14.0. The molecule has 0 amide bonds. The molecule has 0 radical (unpaired) electrons. The molecule has 0 bridgehead atoms. The van der Waals surface area contributed by atoms with Crippen LogP contribution in [0.5, 0.6) is 17.2 Å². The molecule has 0 aliphatic heterocycles. The van der Waals surface area contributed by atoms with Crippen molar-refractivity contribution in [1.29, 1.82) is 0 Å². The molecule has 124 valence electrons. The van der Waals surface area contributed by atoms with Gasteiger partial charge in [-0.25, -0.2) is 0 Å². The van der Waals surface area contributed by atoms with Gasteiger partial charge in [0.1, 0.15) is 5.75 Å². The van der Waals surface area contributed by atoms with Crippen LogP contribution in [0, 0.1) is 0 Å². The SMILES string of the molecule is CCOc1cccc(C(CN)Cc2ccc(OC)c(OC)c2)c1. The van der Waals surface area contributed by atoms with Gasteiger partial charge in [-0.05, 0) is 55.3 Å². The first-order valence-corrected chi connectivity index (χ1v) is 7.85. The van der Waals surface area contributed by atoms with E-state index in [9.17, 15) is 0 Å². The first kappa shape index (κ1) is 17.2. The molecule has 2 rings (SSSR count). The van der Waals surface area contributed by atoms with Crippen molar-refractivity contribution in [3.8, 4) is 17.2 Å². The Bertz CT molecular complexity index is 628. The van der Waals surface area contributed by atoms with Crippen LogP contribution < -0.4 is 19.9 Å². The third-order valence-corrected chi connectivity index (χ3v) is 3.86. The van der Waals surface area contributed by atoms with Gasteiger partial charge in [-0.15, -0.1) is 0 Å². The molecule has 2 aromatic carbocycles. The minimum atomic E-state index is 0.230. The van der Waals surface area contributed by atoms with E-state index in [1.165, 1.54) is 11.1 Å². The summed E-state index contributed by atoms with van der Waals surface area (Å²) in [6.07, 6.45) is 0.840. The van der Waals surface area contributed by atoms with Crippen LogP contribution in [0.1, 0.15) is 24.0 Å². The Balaban J connectivity index is 2.20. The van der Waals surface area contributed by atoms with E-state index in [1.54, 1.807) is 14.2 Å². The second-order valence-electron chi connectivity index (χ2n) is 5.33. The van der Waals surface area contributed by atoms with Gasteiger partial charge in [0.05, 0.1) is 20.8 Å². The second-order valence-corrected chi connectivity index (χ2v) is 5.33. The van der Waals surface area contributed by atoms with Gasteiger partial charge in [0.25, 0.3) is 0 Å². The third kappa shape index (κ3) is 4.39. The Morgan fingerprint density at radius 2 is 1.78 bits per heavy atom. The molecule has 0 fully saturated rings. The third-order valence-electron chi connectivity index (χ3n) is 3.86. The van der Waals surface area contributed by atoms with Crippen LogP contribution in [0.25, 0.3) is 0 Å². The molecule has 2 aromatic rings. The fourth-order valence-corrected chi connectivity index (χ4v) is 2.65. The van der Waals surface area contributed by atoms with Crippen molar-refractivity contribution < 1.29 is 14.2 Å². The lowest BCUT2D eigenvalue weighted by Gasteiger charge is -2.17. The molecule has 2 N–H and O–H groups in total. The van der Waals surface area contributed by atoms with E-state index in [-0.39, 0.29) is 5.92 Å². The normalized spacial score (nSPS) is 11.8. The summed E-state index contributed by atoms with van der Waals surface area (Å²) in [7, 11) is 3.28. The van der Waals surface area contributed by atoms with Crippen molar-refractivity contribution in [3.63, 3.8) is 0 Å². The summed E-state index contributed by atoms with van der Waals surface area (Å²) in [6, 6.07) is 14.1. The van der Waals surface area contributed by atoms with E-state index in [2.05, 4.69) is 18.2 Å². The lowest BCUT2D eigenvalue weighted by molar-refractivity contribution is 0.339. The highest BCUT2D eigenvalue weighted by Gasteiger charge is 2.13. The van der Waals surface area contributed by atoms with Gasteiger partial charge in [0.2, 0.25) is 0 Å². The van der Waals surface area contributed by atoms with Gasteiger partial charge in [-0.2, -0.15) is 0 Å². The maximum absolute atomic E-state index is 6.01. The largest absolute Gasteiger partial charge is 0.494 e. The molecule has 1 atom stereocenters. The number of methoxy groups -OCH3 is 2. The zero-order valence-corrected chi connectivity index (χ0v) is 14.0. The molecule has 23 heavy (non-hydrogen) atoms. The van der Waals surface area contributed by atoms with Gasteiger partial charge >= 0.3 is 0 Å². The lowest BCUT2D eigenvalue weighted by Crippen LogP contribution is -2.15. The molecule has 1 unspecified atom stereocenters. The van der Waals surface area contributed by atoms with Gasteiger partial charge in [0.15, 0.2) is 11.5 Å². The summed E-state index contributed by atoms with van der Waals surface area (Å²) in [4.78, 5) is 0. The average Bonchev–Trinajstić information content (AvgIpc) is 2.60. The number of hydrogen-bond donors (Lipinski definition) is 1. The molecule has 4 nitrogen and oxygen atoms in total. The number of nitrogens with two attached hydrogens (primary N) is 1. The van der Waals surface area contributed by atoms with Gasteiger partial charge in [0, 0.05) is 5.92 Å². The molecule has 0 saturated heterocycles. The van der Waals surface area contributed by atoms with Gasteiger partial charge in [-0.1, -0.05) is 18.2 Å². The minimum absolute atomic E-state index is 0.230. The summed E-state index contributed by atoms with van der Waals surface area (Å²) in [5.74, 6) is 2.59. The highest BCUT2D eigenvalue weighted by atomic mass is 16.5. The quantitative estimate of drug-likeness (QED) is 0.811. The molecule has 0 spiro atoms. The molecular formula is C19H25NO3. The fourth-order valence-electron chi connectivity index (χ4n) is 2.65. The summed E-state index contributed by atoms with van der Waals surface area (Å²) >= 11 is 0. The molecule has 0 aliphatic rings. The minimum Gasteiger partial charge on any atom is -0.494 e. The Morgan fingerprint density at radius 1 is 1.00 bits per heavy atom. The van der Waals surface area contributed by atoms with Crippen LogP contribution in [0.3, 0.4) is 0 Å². The highest BCUT2D eigenvalue weighted by molar-refractivity contribution is 5.43. The Hall–Kier alpha value is -2.20. The van der Waals surface area contributed by atoms with Crippen molar-refractivity contribution >= 4 is 0 Å². The highest BCUT2D eigenvalue weighted by Crippen LogP contribution is 2.30. The average molecular weight is 315 g/mol. The Labute approximate surface area is 138 Å². The molecule has 0 heterocycles. The standard InChI is InChI=1S/C19H25NO3/c1-4-23-17-7-5-6-15(12-17)16(13-20)10-14-8-9-18(21-2)19(11-14)22-3/h5-9,11-12,16H,4,10,13,20H2,1-3H3. The van der Waals surface area contributed by atoms with Crippen LogP contribution in [-0.2, 0) is 6.42 Å². The zero-order chi connectivity index (χ0) is 16.7. The molecule has 4 heteroatoms. The summed E-state index contributed by atoms with van der Waals surface area (Å²) in [5, 5.41) is 0. The first-order chi connectivity index (χ1) is 11.2. The van der Waals surface area contributed by atoms with Crippen molar-refractivity contribution in [2.24, 2.45) is 5.73 Å².